The van der Waals surface area contributed by atoms with Crippen LogP contribution in [-0.4, -0.2) is 6.54 Å². The van der Waals surface area contributed by atoms with Gasteiger partial charge in [-0.3, -0.25) is 0 Å². The molecule has 0 bridgehead atoms. The summed E-state index contributed by atoms with van der Waals surface area (Å²) in [6, 6.07) is 11.3. The van der Waals surface area contributed by atoms with E-state index in [1.165, 1.54) is 17.2 Å². The van der Waals surface area contributed by atoms with E-state index in [1.54, 1.807) is 6.07 Å². The molecule has 2 rings (SSSR count). The molecule has 0 aliphatic rings. The van der Waals surface area contributed by atoms with Crippen molar-refractivity contribution in [2.75, 3.05) is 6.54 Å². The van der Waals surface area contributed by atoms with Gasteiger partial charge >= 0.3 is 0 Å². The van der Waals surface area contributed by atoms with Gasteiger partial charge < -0.3 is 10.1 Å². The minimum absolute atomic E-state index is 0.300. The molecule has 0 heterocycles. The predicted molar refractivity (Wildman–Crippen MR) is 84.0 cm³/mol. The number of hydrogen-bond donors (Lipinski definition) is 1. The van der Waals surface area contributed by atoms with Gasteiger partial charge in [-0.05, 0) is 54.8 Å². The number of aryl methyl sites for hydroxylation is 2. The molecule has 0 aliphatic heterocycles. The van der Waals surface area contributed by atoms with Gasteiger partial charge in [0.2, 0.25) is 0 Å². The molecule has 0 saturated carbocycles. The largest absolute Gasteiger partial charge is 0.486 e. The Kier molecular flexibility index (Phi) is 5.34. The molecule has 21 heavy (non-hydrogen) atoms. The first-order valence-corrected chi connectivity index (χ1v) is 7.28. The van der Waals surface area contributed by atoms with E-state index in [1.807, 2.05) is 19.1 Å². The van der Waals surface area contributed by atoms with Crippen molar-refractivity contribution in [2.45, 2.75) is 33.9 Å². The molecule has 2 aromatic carbocycles. The van der Waals surface area contributed by atoms with Crippen molar-refractivity contribution in [2.24, 2.45) is 0 Å². The molecule has 0 saturated heterocycles. The van der Waals surface area contributed by atoms with E-state index in [0.717, 1.165) is 17.7 Å². The van der Waals surface area contributed by atoms with Gasteiger partial charge in [0.05, 0.1) is 0 Å². The Morgan fingerprint density at radius 2 is 1.76 bits per heavy atom. The Morgan fingerprint density at radius 1 is 1.00 bits per heavy atom. The number of rotatable bonds is 6. The topological polar surface area (TPSA) is 21.3 Å². The van der Waals surface area contributed by atoms with Crippen molar-refractivity contribution in [1.29, 1.82) is 0 Å². The maximum Gasteiger partial charge on any atom is 0.165 e. The Hall–Kier alpha value is -1.87. The lowest BCUT2D eigenvalue weighted by Gasteiger charge is -2.10. The van der Waals surface area contributed by atoms with Gasteiger partial charge in [0.15, 0.2) is 11.6 Å². The highest BCUT2D eigenvalue weighted by molar-refractivity contribution is 5.32. The van der Waals surface area contributed by atoms with Crippen LogP contribution in [0.2, 0.25) is 0 Å². The standard InChI is InChI=1S/C18H22FNO/c1-4-20-11-15-7-8-18(17(19)10-15)21-12-16-6-5-13(2)14(3)9-16/h5-10,20H,4,11-12H2,1-3H3. The lowest BCUT2D eigenvalue weighted by Crippen LogP contribution is -2.11. The average molecular weight is 287 g/mol. The zero-order valence-electron chi connectivity index (χ0n) is 12.9. The molecule has 0 radical (unpaired) electrons. The van der Waals surface area contributed by atoms with Gasteiger partial charge in [0.25, 0.3) is 0 Å². The molecule has 0 atom stereocenters. The fourth-order valence-corrected chi connectivity index (χ4v) is 2.10. The van der Waals surface area contributed by atoms with Gasteiger partial charge in [0.1, 0.15) is 6.61 Å². The molecule has 2 aromatic rings. The van der Waals surface area contributed by atoms with E-state index in [9.17, 15) is 4.39 Å². The van der Waals surface area contributed by atoms with Crippen molar-refractivity contribution < 1.29 is 9.13 Å². The summed E-state index contributed by atoms with van der Waals surface area (Å²) in [7, 11) is 0. The molecular weight excluding hydrogens is 265 g/mol. The van der Waals surface area contributed by atoms with Crippen LogP contribution < -0.4 is 10.1 Å². The van der Waals surface area contributed by atoms with Crippen LogP contribution in [-0.2, 0) is 13.2 Å². The highest BCUT2D eigenvalue weighted by Crippen LogP contribution is 2.20. The summed E-state index contributed by atoms with van der Waals surface area (Å²) in [6.45, 7) is 8.08. The Morgan fingerprint density at radius 3 is 2.43 bits per heavy atom. The summed E-state index contributed by atoms with van der Waals surface area (Å²) in [6.07, 6.45) is 0. The zero-order valence-corrected chi connectivity index (χ0v) is 12.9. The van der Waals surface area contributed by atoms with Crippen LogP contribution in [0, 0.1) is 19.7 Å². The van der Waals surface area contributed by atoms with Gasteiger partial charge in [-0.15, -0.1) is 0 Å². The van der Waals surface area contributed by atoms with Crippen LogP contribution in [0.25, 0.3) is 0 Å². The SMILES string of the molecule is CCNCc1ccc(OCc2ccc(C)c(C)c2)c(F)c1. The molecule has 0 aromatic heterocycles. The third-order valence-corrected chi connectivity index (χ3v) is 3.54. The molecule has 1 N–H and O–H groups in total. The molecule has 0 fully saturated rings. The average Bonchev–Trinajstić information content (AvgIpc) is 2.47. The van der Waals surface area contributed by atoms with Gasteiger partial charge in [-0.25, -0.2) is 4.39 Å². The fourth-order valence-electron chi connectivity index (χ4n) is 2.10. The second kappa shape index (κ2) is 7.23. The van der Waals surface area contributed by atoms with Crippen LogP contribution in [0.1, 0.15) is 29.2 Å². The van der Waals surface area contributed by atoms with Gasteiger partial charge in [-0.2, -0.15) is 0 Å². The first kappa shape index (κ1) is 15.5. The highest BCUT2D eigenvalue weighted by Gasteiger charge is 2.05. The number of benzene rings is 2. The number of halogens is 1. The quantitative estimate of drug-likeness (QED) is 0.862. The van der Waals surface area contributed by atoms with Crippen molar-refractivity contribution in [3.8, 4) is 5.75 Å². The van der Waals surface area contributed by atoms with E-state index in [-0.39, 0.29) is 5.82 Å². The molecule has 0 unspecified atom stereocenters. The second-order valence-corrected chi connectivity index (χ2v) is 5.25. The maximum atomic E-state index is 14.0. The van der Waals surface area contributed by atoms with Crippen molar-refractivity contribution in [3.05, 3.63) is 64.5 Å². The van der Waals surface area contributed by atoms with E-state index in [2.05, 4.69) is 31.3 Å². The molecule has 2 nitrogen and oxygen atoms in total. The summed E-state index contributed by atoms with van der Waals surface area (Å²) in [5.74, 6) is -0.0114. The minimum Gasteiger partial charge on any atom is -0.486 e. The van der Waals surface area contributed by atoms with Crippen LogP contribution in [0.4, 0.5) is 4.39 Å². The fraction of sp³-hybridized carbons (Fsp3) is 0.333. The van der Waals surface area contributed by atoms with Crippen LogP contribution in [0.3, 0.4) is 0 Å². The van der Waals surface area contributed by atoms with E-state index in [0.29, 0.717) is 18.9 Å². The molecule has 3 heteroatoms. The van der Waals surface area contributed by atoms with Crippen LogP contribution >= 0.6 is 0 Å². The van der Waals surface area contributed by atoms with Gasteiger partial charge in [0, 0.05) is 6.54 Å². The third kappa shape index (κ3) is 4.30. The lowest BCUT2D eigenvalue weighted by molar-refractivity contribution is 0.290. The summed E-state index contributed by atoms with van der Waals surface area (Å²) >= 11 is 0. The van der Waals surface area contributed by atoms with E-state index < -0.39 is 0 Å². The normalized spacial score (nSPS) is 10.7. The van der Waals surface area contributed by atoms with Crippen molar-refractivity contribution in [1.82, 2.24) is 5.32 Å². The van der Waals surface area contributed by atoms with E-state index in [4.69, 9.17) is 4.74 Å². The number of nitrogens with one attached hydrogen (secondary N) is 1. The zero-order chi connectivity index (χ0) is 15.2. The predicted octanol–water partition coefficient (Wildman–Crippen LogP) is 4.13. The van der Waals surface area contributed by atoms with Gasteiger partial charge in [-0.1, -0.05) is 31.2 Å². The molecule has 112 valence electrons. The smallest absolute Gasteiger partial charge is 0.165 e. The van der Waals surface area contributed by atoms with Crippen molar-refractivity contribution in [3.63, 3.8) is 0 Å². The molecule has 0 amide bonds. The maximum absolute atomic E-state index is 14.0. The summed E-state index contributed by atoms with van der Waals surface area (Å²) in [5, 5.41) is 3.17. The first-order valence-electron chi connectivity index (χ1n) is 7.28. The minimum atomic E-state index is -0.311. The summed E-state index contributed by atoms with van der Waals surface area (Å²) < 4.78 is 19.6. The molecular formula is C18H22FNO. The third-order valence-electron chi connectivity index (χ3n) is 3.54. The Labute approximate surface area is 126 Å². The monoisotopic (exact) mass is 287 g/mol. The number of hydrogen-bond acceptors (Lipinski definition) is 2. The Bertz CT molecular complexity index is 610. The lowest BCUT2D eigenvalue weighted by atomic mass is 10.1. The second-order valence-electron chi connectivity index (χ2n) is 5.25. The summed E-state index contributed by atoms with van der Waals surface area (Å²) in [5.41, 5.74) is 4.44. The summed E-state index contributed by atoms with van der Waals surface area (Å²) in [4.78, 5) is 0. The first-order chi connectivity index (χ1) is 10.1. The van der Waals surface area contributed by atoms with E-state index >= 15 is 0 Å². The van der Waals surface area contributed by atoms with Crippen LogP contribution in [0.5, 0.6) is 5.75 Å². The molecule has 0 spiro atoms. The highest BCUT2D eigenvalue weighted by atomic mass is 19.1. The van der Waals surface area contributed by atoms with Crippen molar-refractivity contribution >= 4 is 0 Å². The molecule has 0 aliphatic carbocycles. The Balaban J connectivity index is 2.01. The van der Waals surface area contributed by atoms with Crippen LogP contribution in [0.15, 0.2) is 36.4 Å². The number of ether oxygens (including phenoxy) is 1.